The Morgan fingerprint density at radius 2 is 1.80 bits per heavy atom. The number of hydrogen-bond acceptors (Lipinski definition) is 5. The number of anilines is 1. The van der Waals surface area contributed by atoms with Crippen LogP contribution >= 0.6 is 11.8 Å². The maximum Gasteiger partial charge on any atom is 0.272 e. The minimum Gasteiger partial charge on any atom is -0.497 e. The molecule has 152 valence electrons. The molecular formula is C22H15F2NO4S. The van der Waals surface area contributed by atoms with Crippen LogP contribution in [0.3, 0.4) is 0 Å². The van der Waals surface area contributed by atoms with Crippen LogP contribution in [0.15, 0.2) is 70.2 Å². The molecule has 0 fully saturated rings. The second kappa shape index (κ2) is 8.16. The molecule has 0 saturated heterocycles. The number of nitrogens with zero attached hydrogens (tertiary/aromatic N) is 1. The number of carbonyl (C=O) groups is 2. The fraction of sp³-hybridized carbons (Fsp3) is 0.0909. The van der Waals surface area contributed by atoms with Gasteiger partial charge in [-0.15, -0.1) is 11.8 Å². The number of rotatable bonds is 6. The Kier molecular flexibility index (Phi) is 5.41. The summed E-state index contributed by atoms with van der Waals surface area (Å²) in [5.74, 6) is -1.59. The third kappa shape index (κ3) is 3.61. The van der Waals surface area contributed by atoms with Crippen LogP contribution in [-0.4, -0.2) is 18.9 Å². The summed E-state index contributed by atoms with van der Waals surface area (Å²) in [5.41, 5.74) is 0.155. The lowest BCUT2D eigenvalue weighted by molar-refractivity contribution is -0.119. The molecule has 0 bridgehead atoms. The number of hydrogen-bond donors (Lipinski definition) is 0. The van der Waals surface area contributed by atoms with Crippen molar-refractivity contribution in [3.8, 4) is 5.75 Å². The lowest BCUT2D eigenvalue weighted by Gasteiger charge is -2.16. The molecule has 0 saturated carbocycles. The minimum absolute atomic E-state index is 0.114. The van der Waals surface area contributed by atoms with E-state index in [0.29, 0.717) is 27.7 Å². The van der Waals surface area contributed by atoms with Crippen molar-refractivity contribution < 1.29 is 27.5 Å². The molecule has 0 aliphatic carbocycles. The summed E-state index contributed by atoms with van der Waals surface area (Å²) in [6, 6.07) is 12.7. The second-order valence-electron chi connectivity index (χ2n) is 6.34. The highest BCUT2D eigenvalue weighted by Crippen LogP contribution is 2.40. The summed E-state index contributed by atoms with van der Waals surface area (Å²) < 4.78 is 38.5. The topological polar surface area (TPSA) is 59.8 Å². The molecule has 0 atom stereocenters. The highest BCUT2D eigenvalue weighted by atomic mass is 32.2. The SMILES string of the molecule is COc1ccc(C2=C(SCc3ccco3)C(=O)N(c3cc(F)ccc3F)C2=O)cc1. The number of halogens is 2. The average Bonchev–Trinajstić information content (AvgIpc) is 3.35. The summed E-state index contributed by atoms with van der Waals surface area (Å²) >= 11 is 1.10. The van der Waals surface area contributed by atoms with E-state index in [1.54, 1.807) is 36.4 Å². The van der Waals surface area contributed by atoms with Crippen LogP contribution in [0.4, 0.5) is 14.5 Å². The smallest absolute Gasteiger partial charge is 0.272 e. The molecule has 1 aliphatic rings. The van der Waals surface area contributed by atoms with E-state index in [-0.39, 0.29) is 10.5 Å². The van der Waals surface area contributed by atoms with E-state index >= 15 is 0 Å². The molecule has 2 aromatic carbocycles. The average molecular weight is 427 g/mol. The quantitative estimate of drug-likeness (QED) is 0.530. The summed E-state index contributed by atoms with van der Waals surface area (Å²) in [7, 11) is 1.51. The van der Waals surface area contributed by atoms with Gasteiger partial charge in [0.15, 0.2) is 0 Å². The number of imide groups is 1. The van der Waals surface area contributed by atoms with Gasteiger partial charge in [0.2, 0.25) is 0 Å². The van der Waals surface area contributed by atoms with E-state index < -0.39 is 29.1 Å². The first-order valence-electron chi connectivity index (χ1n) is 8.87. The van der Waals surface area contributed by atoms with Crippen molar-refractivity contribution in [2.45, 2.75) is 5.75 Å². The van der Waals surface area contributed by atoms with Gasteiger partial charge in [-0.3, -0.25) is 9.59 Å². The first kappa shape index (κ1) is 19.9. The van der Waals surface area contributed by atoms with E-state index in [0.717, 1.165) is 30.0 Å². The van der Waals surface area contributed by atoms with Crippen LogP contribution in [0.25, 0.3) is 5.57 Å². The van der Waals surface area contributed by atoms with Crippen molar-refractivity contribution in [2.75, 3.05) is 12.0 Å². The van der Waals surface area contributed by atoms with E-state index in [2.05, 4.69) is 0 Å². The van der Waals surface area contributed by atoms with Gasteiger partial charge in [-0.1, -0.05) is 12.1 Å². The molecule has 2 amide bonds. The maximum atomic E-state index is 14.4. The summed E-state index contributed by atoms with van der Waals surface area (Å²) in [6.07, 6.45) is 1.50. The van der Waals surface area contributed by atoms with Gasteiger partial charge in [0.1, 0.15) is 23.1 Å². The molecule has 8 heteroatoms. The van der Waals surface area contributed by atoms with Gasteiger partial charge in [0, 0.05) is 6.07 Å². The fourth-order valence-electron chi connectivity index (χ4n) is 3.07. The molecule has 2 heterocycles. The Labute approximate surface area is 174 Å². The number of methoxy groups -OCH3 is 1. The van der Waals surface area contributed by atoms with Gasteiger partial charge in [-0.25, -0.2) is 13.7 Å². The van der Waals surface area contributed by atoms with Crippen LogP contribution in [0.2, 0.25) is 0 Å². The summed E-state index contributed by atoms with van der Waals surface area (Å²) in [5, 5.41) is 0. The number of furan rings is 1. The van der Waals surface area contributed by atoms with Crippen molar-refractivity contribution in [3.63, 3.8) is 0 Å². The molecule has 4 rings (SSSR count). The minimum atomic E-state index is -0.871. The molecule has 0 unspecified atom stereocenters. The zero-order valence-electron chi connectivity index (χ0n) is 15.7. The predicted molar refractivity (Wildman–Crippen MR) is 109 cm³/mol. The van der Waals surface area contributed by atoms with Crippen molar-refractivity contribution >= 4 is 34.8 Å². The lowest BCUT2D eigenvalue weighted by atomic mass is 10.1. The number of benzene rings is 2. The number of amides is 2. The van der Waals surface area contributed by atoms with Crippen molar-refractivity contribution in [3.05, 3.63) is 88.7 Å². The van der Waals surface area contributed by atoms with Gasteiger partial charge in [0.05, 0.1) is 35.3 Å². The highest BCUT2D eigenvalue weighted by molar-refractivity contribution is 8.03. The van der Waals surface area contributed by atoms with Crippen molar-refractivity contribution in [2.24, 2.45) is 0 Å². The van der Waals surface area contributed by atoms with Crippen LogP contribution in [-0.2, 0) is 15.3 Å². The molecule has 0 N–H and O–H groups in total. The first-order valence-corrected chi connectivity index (χ1v) is 9.86. The number of carbonyl (C=O) groups excluding carboxylic acids is 2. The summed E-state index contributed by atoms with van der Waals surface area (Å²) in [6.45, 7) is 0. The van der Waals surface area contributed by atoms with Crippen LogP contribution in [0, 0.1) is 11.6 Å². The monoisotopic (exact) mass is 427 g/mol. The van der Waals surface area contributed by atoms with Crippen LogP contribution in [0.5, 0.6) is 5.75 Å². The predicted octanol–water partition coefficient (Wildman–Crippen LogP) is 4.78. The Morgan fingerprint density at radius 1 is 1.03 bits per heavy atom. The van der Waals surface area contributed by atoms with Crippen LogP contribution in [0.1, 0.15) is 11.3 Å². The second-order valence-corrected chi connectivity index (χ2v) is 7.33. The van der Waals surface area contributed by atoms with Crippen LogP contribution < -0.4 is 9.64 Å². The van der Waals surface area contributed by atoms with Gasteiger partial charge < -0.3 is 9.15 Å². The van der Waals surface area contributed by atoms with Gasteiger partial charge >= 0.3 is 0 Å². The zero-order valence-corrected chi connectivity index (χ0v) is 16.5. The molecule has 30 heavy (non-hydrogen) atoms. The normalized spacial score (nSPS) is 14.0. The fourth-order valence-corrected chi connectivity index (χ4v) is 4.08. The molecule has 5 nitrogen and oxygen atoms in total. The van der Waals surface area contributed by atoms with Crippen molar-refractivity contribution in [1.82, 2.24) is 0 Å². The Balaban J connectivity index is 1.77. The zero-order chi connectivity index (χ0) is 21.3. The third-order valence-corrected chi connectivity index (χ3v) is 5.60. The maximum absolute atomic E-state index is 14.4. The number of ether oxygens (including phenoxy) is 1. The molecule has 1 aromatic heterocycles. The molecular weight excluding hydrogens is 412 g/mol. The Bertz CT molecular complexity index is 1140. The highest BCUT2D eigenvalue weighted by Gasteiger charge is 2.41. The van der Waals surface area contributed by atoms with E-state index in [1.807, 2.05) is 0 Å². The summed E-state index contributed by atoms with van der Waals surface area (Å²) in [4.78, 5) is 27.1. The largest absolute Gasteiger partial charge is 0.497 e. The van der Waals surface area contributed by atoms with Gasteiger partial charge in [-0.2, -0.15) is 0 Å². The van der Waals surface area contributed by atoms with E-state index in [9.17, 15) is 18.4 Å². The standard InChI is InChI=1S/C22H15F2NO4S/c1-28-15-7-4-13(5-8-15)19-20(30-12-16-3-2-10-29-16)22(27)25(21(19)26)18-11-14(23)6-9-17(18)24/h2-11H,12H2,1H3. The first-order chi connectivity index (χ1) is 14.5. The molecule has 3 aromatic rings. The van der Waals surface area contributed by atoms with Gasteiger partial charge in [-0.05, 0) is 42.0 Å². The lowest BCUT2D eigenvalue weighted by Crippen LogP contribution is -2.32. The van der Waals surface area contributed by atoms with Gasteiger partial charge in [0.25, 0.3) is 11.8 Å². The molecule has 0 radical (unpaired) electrons. The Morgan fingerprint density at radius 3 is 2.47 bits per heavy atom. The van der Waals surface area contributed by atoms with E-state index in [1.165, 1.54) is 13.4 Å². The van der Waals surface area contributed by atoms with Crippen molar-refractivity contribution in [1.29, 1.82) is 0 Å². The molecule has 0 spiro atoms. The Hall–Kier alpha value is -3.39. The third-order valence-electron chi connectivity index (χ3n) is 4.51. The number of thioether (sulfide) groups is 1. The molecule has 1 aliphatic heterocycles. The van der Waals surface area contributed by atoms with E-state index in [4.69, 9.17) is 9.15 Å².